The smallest absolute Gasteiger partial charge is 0.139 e. The number of halogens is 2. The molecular formula is C9H10F2OS. The van der Waals surface area contributed by atoms with Crippen molar-refractivity contribution in [1.82, 2.24) is 0 Å². The fourth-order valence-electron chi connectivity index (χ4n) is 0.825. The van der Waals surface area contributed by atoms with E-state index < -0.39 is 11.6 Å². The van der Waals surface area contributed by atoms with E-state index in [4.69, 9.17) is 5.11 Å². The van der Waals surface area contributed by atoms with Gasteiger partial charge in [-0.15, -0.1) is 11.8 Å². The van der Waals surface area contributed by atoms with Crippen molar-refractivity contribution in [3.8, 4) is 0 Å². The van der Waals surface area contributed by atoms with E-state index >= 15 is 0 Å². The van der Waals surface area contributed by atoms with Crippen molar-refractivity contribution in [2.45, 2.75) is 17.1 Å². The van der Waals surface area contributed by atoms with Crippen LogP contribution in [-0.4, -0.2) is 17.0 Å². The van der Waals surface area contributed by atoms with Crippen molar-refractivity contribution < 1.29 is 13.9 Å². The lowest BCUT2D eigenvalue weighted by Crippen LogP contribution is -2.02. The van der Waals surface area contributed by atoms with Crippen LogP contribution in [0.4, 0.5) is 8.78 Å². The number of hydrogen-bond donors (Lipinski definition) is 1. The molecule has 13 heavy (non-hydrogen) atoms. The quantitative estimate of drug-likeness (QED) is 0.763. The van der Waals surface area contributed by atoms with Gasteiger partial charge in [-0.05, 0) is 12.1 Å². The Morgan fingerprint density at radius 1 is 1.46 bits per heavy atom. The summed E-state index contributed by atoms with van der Waals surface area (Å²) in [5.74, 6) is -1.16. The lowest BCUT2D eigenvalue weighted by molar-refractivity contribution is 0.300. The summed E-state index contributed by atoms with van der Waals surface area (Å²) in [5, 5.41) is 8.64. The van der Waals surface area contributed by atoms with Gasteiger partial charge in [0.1, 0.15) is 11.6 Å². The van der Waals surface area contributed by atoms with Crippen LogP contribution in [0.2, 0.25) is 0 Å². The Labute approximate surface area is 79.8 Å². The number of benzene rings is 1. The molecule has 0 amide bonds. The van der Waals surface area contributed by atoms with E-state index in [1.807, 2.05) is 0 Å². The Bertz CT molecular complexity index is 291. The standard InChI is InChI=1S/C9H10F2OS/c1-6(5-12)13-9-3-2-7(10)4-8(9)11/h2-4,6,12H,5H2,1H3. The average molecular weight is 204 g/mol. The highest BCUT2D eigenvalue weighted by molar-refractivity contribution is 8.00. The van der Waals surface area contributed by atoms with Crippen LogP contribution in [0.25, 0.3) is 0 Å². The summed E-state index contributed by atoms with van der Waals surface area (Å²) in [6.07, 6.45) is 0. The maximum Gasteiger partial charge on any atom is 0.139 e. The van der Waals surface area contributed by atoms with Crippen LogP contribution in [-0.2, 0) is 0 Å². The fraction of sp³-hybridized carbons (Fsp3) is 0.333. The largest absolute Gasteiger partial charge is 0.395 e. The molecule has 0 bridgehead atoms. The van der Waals surface area contributed by atoms with E-state index in [0.717, 1.165) is 6.07 Å². The third kappa shape index (κ3) is 2.97. The van der Waals surface area contributed by atoms with Gasteiger partial charge in [0.2, 0.25) is 0 Å². The highest BCUT2D eigenvalue weighted by atomic mass is 32.2. The highest BCUT2D eigenvalue weighted by Crippen LogP contribution is 2.25. The lowest BCUT2D eigenvalue weighted by Gasteiger charge is -2.07. The van der Waals surface area contributed by atoms with Gasteiger partial charge in [-0.25, -0.2) is 8.78 Å². The van der Waals surface area contributed by atoms with Crippen molar-refractivity contribution in [3.63, 3.8) is 0 Å². The molecule has 0 aliphatic carbocycles. The van der Waals surface area contributed by atoms with Gasteiger partial charge in [0.25, 0.3) is 0 Å². The number of aliphatic hydroxyl groups is 1. The van der Waals surface area contributed by atoms with E-state index in [-0.39, 0.29) is 11.9 Å². The molecule has 0 aromatic heterocycles. The average Bonchev–Trinajstić information content (AvgIpc) is 2.09. The third-order valence-corrected chi connectivity index (χ3v) is 2.62. The zero-order chi connectivity index (χ0) is 9.84. The molecule has 0 fully saturated rings. The molecule has 1 aromatic rings. The summed E-state index contributed by atoms with van der Waals surface area (Å²) in [5.41, 5.74) is 0. The molecule has 1 aromatic carbocycles. The first-order valence-corrected chi connectivity index (χ1v) is 4.74. The molecule has 1 N–H and O–H groups in total. The molecule has 0 saturated carbocycles. The van der Waals surface area contributed by atoms with Crippen LogP contribution in [0.15, 0.2) is 23.1 Å². The van der Waals surface area contributed by atoms with E-state index in [1.165, 1.54) is 23.9 Å². The van der Waals surface area contributed by atoms with Crippen LogP contribution < -0.4 is 0 Å². The Balaban J connectivity index is 2.77. The number of thioether (sulfide) groups is 1. The molecule has 1 unspecified atom stereocenters. The van der Waals surface area contributed by atoms with Gasteiger partial charge in [0.15, 0.2) is 0 Å². The van der Waals surface area contributed by atoms with Crippen LogP contribution in [0, 0.1) is 11.6 Å². The molecule has 0 spiro atoms. The van der Waals surface area contributed by atoms with Gasteiger partial charge in [0, 0.05) is 16.2 Å². The van der Waals surface area contributed by atoms with Crippen LogP contribution in [0.3, 0.4) is 0 Å². The number of rotatable bonds is 3. The van der Waals surface area contributed by atoms with E-state index in [2.05, 4.69) is 0 Å². The van der Waals surface area contributed by atoms with Gasteiger partial charge < -0.3 is 5.11 Å². The second-order valence-corrected chi connectivity index (χ2v) is 4.17. The molecule has 1 atom stereocenters. The predicted octanol–water partition coefficient (Wildman–Crippen LogP) is 2.44. The van der Waals surface area contributed by atoms with Gasteiger partial charge in [-0.2, -0.15) is 0 Å². The summed E-state index contributed by atoms with van der Waals surface area (Å²) >= 11 is 1.19. The second kappa shape index (κ2) is 4.58. The molecule has 0 heterocycles. The summed E-state index contributed by atoms with van der Waals surface area (Å²) < 4.78 is 25.5. The van der Waals surface area contributed by atoms with Crippen molar-refractivity contribution >= 4 is 11.8 Å². The zero-order valence-electron chi connectivity index (χ0n) is 7.13. The Morgan fingerprint density at radius 2 is 2.15 bits per heavy atom. The van der Waals surface area contributed by atoms with Crippen LogP contribution >= 0.6 is 11.8 Å². The molecule has 1 nitrogen and oxygen atoms in total. The lowest BCUT2D eigenvalue weighted by atomic mass is 10.3. The van der Waals surface area contributed by atoms with E-state index in [9.17, 15) is 8.78 Å². The Morgan fingerprint density at radius 3 is 2.69 bits per heavy atom. The fourth-order valence-corrected chi connectivity index (χ4v) is 1.65. The van der Waals surface area contributed by atoms with Crippen molar-refractivity contribution in [2.75, 3.05) is 6.61 Å². The molecule has 0 aliphatic heterocycles. The summed E-state index contributed by atoms with van der Waals surface area (Å²) in [4.78, 5) is 0.364. The second-order valence-electron chi connectivity index (χ2n) is 2.69. The van der Waals surface area contributed by atoms with Gasteiger partial charge in [-0.1, -0.05) is 6.92 Å². The van der Waals surface area contributed by atoms with Crippen molar-refractivity contribution in [3.05, 3.63) is 29.8 Å². The molecular weight excluding hydrogens is 194 g/mol. The molecule has 1 rings (SSSR count). The number of aliphatic hydroxyl groups excluding tert-OH is 1. The SMILES string of the molecule is CC(CO)Sc1ccc(F)cc1F. The third-order valence-electron chi connectivity index (χ3n) is 1.48. The summed E-state index contributed by atoms with van der Waals surface area (Å²) in [6.45, 7) is 1.74. The topological polar surface area (TPSA) is 20.2 Å². The Hall–Kier alpha value is -0.610. The first kappa shape index (κ1) is 10.5. The van der Waals surface area contributed by atoms with Gasteiger partial charge in [0.05, 0.1) is 6.61 Å². The Kier molecular flexibility index (Phi) is 3.69. The molecule has 0 aliphatic rings. The zero-order valence-corrected chi connectivity index (χ0v) is 7.94. The van der Waals surface area contributed by atoms with Gasteiger partial charge in [-0.3, -0.25) is 0 Å². The molecule has 4 heteroatoms. The maximum atomic E-state index is 13.0. The monoisotopic (exact) mass is 204 g/mol. The maximum absolute atomic E-state index is 13.0. The van der Waals surface area contributed by atoms with E-state index in [0.29, 0.717) is 4.90 Å². The van der Waals surface area contributed by atoms with Gasteiger partial charge >= 0.3 is 0 Å². The van der Waals surface area contributed by atoms with Crippen LogP contribution in [0.1, 0.15) is 6.92 Å². The first-order chi connectivity index (χ1) is 6.13. The minimum absolute atomic E-state index is 0.0263. The predicted molar refractivity (Wildman–Crippen MR) is 48.8 cm³/mol. The minimum atomic E-state index is -0.585. The van der Waals surface area contributed by atoms with E-state index in [1.54, 1.807) is 6.92 Å². The normalized spacial score (nSPS) is 12.9. The molecule has 72 valence electrons. The number of hydrogen-bond acceptors (Lipinski definition) is 2. The first-order valence-electron chi connectivity index (χ1n) is 3.86. The summed E-state index contributed by atoms with van der Waals surface area (Å²) in [6, 6.07) is 3.42. The van der Waals surface area contributed by atoms with Crippen LogP contribution in [0.5, 0.6) is 0 Å². The summed E-state index contributed by atoms with van der Waals surface area (Å²) in [7, 11) is 0. The van der Waals surface area contributed by atoms with Crippen molar-refractivity contribution in [2.24, 2.45) is 0 Å². The highest BCUT2D eigenvalue weighted by Gasteiger charge is 2.08. The molecule has 0 saturated heterocycles. The molecule has 0 radical (unpaired) electrons. The minimum Gasteiger partial charge on any atom is -0.395 e. The van der Waals surface area contributed by atoms with Crippen molar-refractivity contribution in [1.29, 1.82) is 0 Å².